The van der Waals surface area contributed by atoms with Crippen molar-refractivity contribution in [1.29, 1.82) is 0 Å². The summed E-state index contributed by atoms with van der Waals surface area (Å²) in [6.45, 7) is 2.05. The highest BCUT2D eigenvalue weighted by atomic mass is 32.2. The van der Waals surface area contributed by atoms with E-state index in [1.54, 1.807) is 10.9 Å². The molecule has 2 aliphatic rings. The molecule has 2 N–H and O–H groups in total. The van der Waals surface area contributed by atoms with E-state index in [-0.39, 0.29) is 4.90 Å². The molecule has 2 fully saturated rings. The monoisotopic (exact) mass is 330 g/mol. The van der Waals surface area contributed by atoms with E-state index in [0.29, 0.717) is 24.4 Å². The Morgan fingerprint density at radius 3 is 2.95 bits per heavy atom. The number of thioether (sulfide) groups is 1. The van der Waals surface area contributed by atoms with E-state index in [1.807, 2.05) is 11.8 Å². The lowest BCUT2D eigenvalue weighted by molar-refractivity contribution is 0.551. The van der Waals surface area contributed by atoms with Crippen LogP contribution in [0.5, 0.6) is 0 Å². The molecule has 0 amide bonds. The number of hydrogen-bond acceptors (Lipinski definition) is 5. The summed E-state index contributed by atoms with van der Waals surface area (Å²) in [6, 6.07) is 0.661. The van der Waals surface area contributed by atoms with Crippen LogP contribution in [-0.4, -0.2) is 48.3 Å². The summed E-state index contributed by atoms with van der Waals surface area (Å²) in [5, 5.41) is 7.93. The van der Waals surface area contributed by atoms with E-state index in [1.165, 1.54) is 25.5 Å². The van der Waals surface area contributed by atoms with Gasteiger partial charge in [-0.15, -0.1) is 0 Å². The molecule has 1 unspecified atom stereocenters. The standard InChI is InChI=1S/C13H22N4O2S2/c18-21(19,16-8-12-2-1-7-20-12)13-9-15-17(10-13)6-5-14-11-3-4-11/h9-12,14,16H,1-8H2. The largest absolute Gasteiger partial charge is 0.312 e. The van der Waals surface area contributed by atoms with Crippen molar-refractivity contribution in [2.45, 2.75) is 48.4 Å². The first-order valence-corrected chi connectivity index (χ1v) is 10.0. The number of hydrogen-bond donors (Lipinski definition) is 2. The first kappa shape index (κ1) is 15.3. The predicted octanol–water partition coefficient (Wildman–Crippen LogP) is 0.809. The smallest absolute Gasteiger partial charge is 0.243 e. The number of sulfonamides is 1. The minimum absolute atomic E-state index is 0.261. The van der Waals surface area contributed by atoms with Crippen LogP contribution in [0.2, 0.25) is 0 Å². The van der Waals surface area contributed by atoms with Gasteiger partial charge in [-0.1, -0.05) is 0 Å². The summed E-state index contributed by atoms with van der Waals surface area (Å²) in [5.41, 5.74) is 0. The van der Waals surface area contributed by atoms with Crippen LogP contribution in [0.3, 0.4) is 0 Å². The Bertz CT molecular complexity index is 562. The molecule has 1 aliphatic carbocycles. The third-order valence-electron chi connectivity index (χ3n) is 3.80. The average molecular weight is 330 g/mol. The Morgan fingerprint density at radius 2 is 2.24 bits per heavy atom. The summed E-state index contributed by atoms with van der Waals surface area (Å²) < 4.78 is 28.8. The normalized spacial score (nSPS) is 22.8. The molecule has 1 saturated heterocycles. The van der Waals surface area contributed by atoms with Gasteiger partial charge in [-0.2, -0.15) is 16.9 Å². The molecule has 3 rings (SSSR count). The van der Waals surface area contributed by atoms with E-state index >= 15 is 0 Å². The molecule has 2 heterocycles. The lowest BCUT2D eigenvalue weighted by Crippen LogP contribution is -2.29. The maximum atomic E-state index is 12.2. The van der Waals surface area contributed by atoms with Crippen molar-refractivity contribution in [3.05, 3.63) is 12.4 Å². The van der Waals surface area contributed by atoms with E-state index in [0.717, 1.165) is 18.7 Å². The molecule has 1 aromatic heterocycles. The van der Waals surface area contributed by atoms with Crippen molar-refractivity contribution in [2.24, 2.45) is 0 Å². The first-order valence-electron chi connectivity index (χ1n) is 7.50. The minimum atomic E-state index is -3.42. The second-order valence-electron chi connectivity index (χ2n) is 5.65. The molecule has 8 heteroatoms. The summed E-state index contributed by atoms with van der Waals surface area (Å²) in [7, 11) is -3.42. The number of nitrogens with one attached hydrogen (secondary N) is 2. The van der Waals surface area contributed by atoms with E-state index in [4.69, 9.17) is 0 Å². The van der Waals surface area contributed by atoms with Gasteiger partial charge in [0, 0.05) is 30.6 Å². The van der Waals surface area contributed by atoms with Gasteiger partial charge in [0.2, 0.25) is 10.0 Å². The fourth-order valence-corrected chi connectivity index (χ4v) is 4.71. The Labute approximate surface area is 130 Å². The maximum Gasteiger partial charge on any atom is 0.243 e. The van der Waals surface area contributed by atoms with Gasteiger partial charge >= 0.3 is 0 Å². The second kappa shape index (κ2) is 6.68. The lowest BCUT2D eigenvalue weighted by Gasteiger charge is -2.09. The molecule has 118 valence electrons. The van der Waals surface area contributed by atoms with Crippen molar-refractivity contribution in [3.63, 3.8) is 0 Å². The molecule has 0 aromatic carbocycles. The fourth-order valence-electron chi connectivity index (χ4n) is 2.37. The zero-order valence-electron chi connectivity index (χ0n) is 12.0. The topological polar surface area (TPSA) is 76.0 Å². The molecular formula is C13H22N4O2S2. The summed E-state index contributed by atoms with van der Waals surface area (Å²) in [6.07, 6.45) is 7.83. The number of aromatic nitrogens is 2. The van der Waals surface area contributed by atoms with Crippen molar-refractivity contribution < 1.29 is 8.42 Å². The van der Waals surface area contributed by atoms with E-state index in [2.05, 4.69) is 15.1 Å². The van der Waals surface area contributed by atoms with Gasteiger partial charge in [0.25, 0.3) is 0 Å². The lowest BCUT2D eigenvalue weighted by atomic mass is 10.2. The SMILES string of the molecule is O=S(=O)(NCC1CCCS1)c1cnn(CCNC2CC2)c1. The zero-order chi connectivity index (χ0) is 14.7. The molecule has 0 radical (unpaired) electrons. The van der Waals surface area contributed by atoms with E-state index in [9.17, 15) is 8.42 Å². The van der Waals surface area contributed by atoms with Gasteiger partial charge in [0.1, 0.15) is 4.90 Å². The van der Waals surface area contributed by atoms with E-state index < -0.39 is 10.0 Å². The van der Waals surface area contributed by atoms with Crippen LogP contribution in [0.4, 0.5) is 0 Å². The van der Waals surface area contributed by atoms with Crippen molar-refractivity contribution in [2.75, 3.05) is 18.8 Å². The average Bonchev–Trinajstić information content (AvgIpc) is 2.94. The highest BCUT2D eigenvalue weighted by Gasteiger charge is 2.22. The van der Waals surface area contributed by atoms with Gasteiger partial charge in [0.15, 0.2) is 0 Å². The molecule has 0 bridgehead atoms. The quantitative estimate of drug-likeness (QED) is 0.738. The van der Waals surface area contributed by atoms with Gasteiger partial charge < -0.3 is 5.32 Å². The number of nitrogens with zero attached hydrogens (tertiary/aromatic N) is 2. The van der Waals surface area contributed by atoms with Crippen molar-refractivity contribution >= 4 is 21.8 Å². The summed E-state index contributed by atoms with van der Waals surface area (Å²) in [4.78, 5) is 0.261. The summed E-state index contributed by atoms with van der Waals surface area (Å²) >= 11 is 1.85. The Balaban J connectivity index is 1.50. The third-order valence-corrected chi connectivity index (χ3v) is 6.57. The van der Waals surface area contributed by atoms with Gasteiger partial charge in [-0.05, 0) is 31.4 Å². The zero-order valence-corrected chi connectivity index (χ0v) is 13.6. The Kier molecular flexibility index (Phi) is 4.88. The molecule has 1 atom stereocenters. The molecule has 1 aliphatic heterocycles. The molecule has 1 saturated carbocycles. The predicted molar refractivity (Wildman–Crippen MR) is 83.9 cm³/mol. The van der Waals surface area contributed by atoms with Crippen LogP contribution in [0.15, 0.2) is 17.3 Å². The molecule has 6 nitrogen and oxygen atoms in total. The highest BCUT2D eigenvalue weighted by molar-refractivity contribution is 8.00. The minimum Gasteiger partial charge on any atom is -0.312 e. The molecule has 0 spiro atoms. The van der Waals surface area contributed by atoms with Crippen LogP contribution in [0.25, 0.3) is 0 Å². The molecule has 21 heavy (non-hydrogen) atoms. The van der Waals surface area contributed by atoms with Gasteiger partial charge in [-0.3, -0.25) is 4.68 Å². The van der Waals surface area contributed by atoms with Crippen molar-refractivity contribution in [1.82, 2.24) is 19.8 Å². The fraction of sp³-hybridized carbons (Fsp3) is 0.769. The van der Waals surface area contributed by atoms with Crippen molar-refractivity contribution in [3.8, 4) is 0 Å². The van der Waals surface area contributed by atoms with Crippen LogP contribution in [0, 0.1) is 0 Å². The maximum absolute atomic E-state index is 12.2. The molecular weight excluding hydrogens is 308 g/mol. The first-order chi connectivity index (χ1) is 10.1. The van der Waals surface area contributed by atoms with Crippen LogP contribution < -0.4 is 10.0 Å². The second-order valence-corrected chi connectivity index (χ2v) is 8.83. The Morgan fingerprint density at radius 1 is 1.38 bits per heavy atom. The molecule has 1 aromatic rings. The van der Waals surface area contributed by atoms with Gasteiger partial charge in [0.05, 0.1) is 12.7 Å². The summed E-state index contributed by atoms with van der Waals surface area (Å²) in [5.74, 6) is 1.14. The van der Waals surface area contributed by atoms with Gasteiger partial charge in [-0.25, -0.2) is 13.1 Å². The Hall–Kier alpha value is -0.570. The van der Waals surface area contributed by atoms with Crippen LogP contribution in [0.1, 0.15) is 25.7 Å². The number of rotatable bonds is 8. The van der Waals surface area contributed by atoms with Crippen LogP contribution in [-0.2, 0) is 16.6 Å². The third kappa shape index (κ3) is 4.45. The van der Waals surface area contributed by atoms with Crippen LogP contribution >= 0.6 is 11.8 Å². The highest BCUT2D eigenvalue weighted by Crippen LogP contribution is 2.25.